The smallest absolute Gasteiger partial charge is 0.267 e. The topological polar surface area (TPSA) is 78.8 Å². The molecule has 0 saturated carbocycles. The van der Waals surface area contributed by atoms with Crippen LogP contribution in [0.3, 0.4) is 0 Å². The van der Waals surface area contributed by atoms with E-state index in [1.54, 1.807) is 17.8 Å². The number of hydrogen-bond acceptors (Lipinski definition) is 4. The predicted molar refractivity (Wildman–Crippen MR) is 58.6 cm³/mol. The van der Waals surface area contributed by atoms with Gasteiger partial charge in [-0.15, -0.1) is 0 Å². The van der Waals surface area contributed by atoms with E-state index in [4.69, 9.17) is 0 Å². The van der Waals surface area contributed by atoms with Gasteiger partial charge in [0.05, 0.1) is 16.7 Å². The Morgan fingerprint density at radius 3 is 3.12 bits per heavy atom. The lowest BCUT2D eigenvalue weighted by Gasteiger charge is -2.08. The molecule has 0 N–H and O–H groups in total. The molecule has 1 aliphatic heterocycles. The predicted octanol–water partition coefficient (Wildman–Crippen LogP) is 1.29. The lowest BCUT2D eigenvalue weighted by molar-refractivity contribution is -0.385. The number of rotatable bonds is 2. The van der Waals surface area contributed by atoms with Crippen molar-refractivity contribution in [3.63, 3.8) is 0 Å². The highest BCUT2D eigenvalue weighted by Gasteiger charge is 2.27. The van der Waals surface area contributed by atoms with Crippen LogP contribution in [0.25, 0.3) is 0 Å². The van der Waals surface area contributed by atoms with Gasteiger partial charge >= 0.3 is 5.69 Å². The number of aryl methyl sites for hydroxylation is 2. The van der Waals surface area contributed by atoms with Crippen molar-refractivity contribution in [1.29, 1.82) is 0 Å². The number of hydrogen-bond donors (Lipinski definition) is 0. The van der Waals surface area contributed by atoms with Gasteiger partial charge in [0, 0.05) is 12.7 Å². The molecule has 0 amide bonds. The summed E-state index contributed by atoms with van der Waals surface area (Å²) in [5.74, 6) is 0. The van der Waals surface area contributed by atoms with E-state index in [1.165, 1.54) is 6.20 Å². The highest BCUT2D eigenvalue weighted by Crippen LogP contribution is 2.30. The molecule has 0 radical (unpaired) electrons. The minimum Gasteiger partial charge on any atom is -0.267 e. The van der Waals surface area contributed by atoms with Gasteiger partial charge in [-0.3, -0.25) is 19.5 Å². The van der Waals surface area contributed by atoms with E-state index in [0.717, 1.165) is 18.7 Å². The van der Waals surface area contributed by atoms with Gasteiger partial charge in [-0.1, -0.05) is 0 Å². The standard InChI is InChI=1S/C10H11N5O2/c1-7-10(15(16)17)6-14(12-7)9-3-5-13-8(9)2-4-11-13/h2,4,6,9H,3,5H2,1H3. The zero-order valence-electron chi connectivity index (χ0n) is 9.28. The van der Waals surface area contributed by atoms with Crippen molar-refractivity contribution < 1.29 is 4.92 Å². The van der Waals surface area contributed by atoms with E-state index in [-0.39, 0.29) is 11.7 Å². The van der Waals surface area contributed by atoms with Crippen LogP contribution in [0.1, 0.15) is 23.9 Å². The minimum atomic E-state index is -0.398. The van der Waals surface area contributed by atoms with Crippen molar-refractivity contribution in [3.8, 4) is 0 Å². The highest BCUT2D eigenvalue weighted by molar-refractivity contribution is 5.32. The Balaban J connectivity index is 2.01. The third-order valence-corrected chi connectivity index (χ3v) is 3.11. The molecular formula is C10H11N5O2. The quantitative estimate of drug-likeness (QED) is 0.578. The fourth-order valence-electron chi connectivity index (χ4n) is 2.28. The van der Waals surface area contributed by atoms with E-state index < -0.39 is 4.92 Å². The lowest BCUT2D eigenvalue weighted by Crippen LogP contribution is -2.08. The summed E-state index contributed by atoms with van der Waals surface area (Å²) >= 11 is 0. The van der Waals surface area contributed by atoms with Gasteiger partial charge in [0.15, 0.2) is 0 Å². The summed E-state index contributed by atoms with van der Waals surface area (Å²) < 4.78 is 3.58. The SMILES string of the molecule is Cc1nn(C2CCn3nccc32)cc1[N+](=O)[O-]. The molecular weight excluding hydrogens is 222 g/mol. The monoisotopic (exact) mass is 233 g/mol. The first-order chi connectivity index (χ1) is 8.16. The minimum absolute atomic E-state index is 0.0601. The van der Waals surface area contributed by atoms with Gasteiger partial charge in [0.2, 0.25) is 0 Å². The molecule has 0 spiro atoms. The number of fused-ring (bicyclic) bond motifs is 1. The van der Waals surface area contributed by atoms with Crippen LogP contribution in [0.4, 0.5) is 5.69 Å². The van der Waals surface area contributed by atoms with E-state index in [2.05, 4.69) is 10.2 Å². The number of aromatic nitrogens is 4. The van der Waals surface area contributed by atoms with Gasteiger partial charge < -0.3 is 0 Å². The van der Waals surface area contributed by atoms with Crippen LogP contribution in [0.15, 0.2) is 18.5 Å². The van der Waals surface area contributed by atoms with Crippen LogP contribution in [-0.2, 0) is 6.54 Å². The van der Waals surface area contributed by atoms with Gasteiger partial charge in [-0.2, -0.15) is 10.2 Å². The first-order valence-electron chi connectivity index (χ1n) is 5.38. The second kappa shape index (κ2) is 3.41. The summed E-state index contributed by atoms with van der Waals surface area (Å²) in [4.78, 5) is 10.4. The summed E-state index contributed by atoms with van der Waals surface area (Å²) in [5.41, 5.74) is 1.58. The second-order valence-corrected chi connectivity index (χ2v) is 4.12. The van der Waals surface area contributed by atoms with Gasteiger partial charge in [-0.25, -0.2) is 0 Å². The molecule has 2 aromatic heterocycles. The molecule has 2 aromatic rings. The fourth-order valence-corrected chi connectivity index (χ4v) is 2.28. The first-order valence-corrected chi connectivity index (χ1v) is 5.38. The van der Waals surface area contributed by atoms with Crippen molar-refractivity contribution in [3.05, 3.63) is 40.0 Å². The normalized spacial score (nSPS) is 18.3. The zero-order chi connectivity index (χ0) is 12.0. The van der Waals surface area contributed by atoms with Crippen LogP contribution in [0.5, 0.6) is 0 Å². The van der Waals surface area contributed by atoms with Crippen molar-refractivity contribution in [2.24, 2.45) is 0 Å². The zero-order valence-corrected chi connectivity index (χ0v) is 9.28. The largest absolute Gasteiger partial charge is 0.309 e. The Morgan fingerprint density at radius 2 is 2.41 bits per heavy atom. The average Bonchev–Trinajstić information content (AvgIpc) is 2.89. The van der Waals surface area contributed by atoms with Crippen molar-refractivity contribution >= 4 is 5.69 Å². The Hall–Kier alpha value is -2.18. The van der Waals surface area contributed by atoms with E-state index in [9.17, 15) is 10.1 Å². The summed E-state index contributed by atoms with van der Waals surface area (Å²) in [5, 5.41) is 19.2. The molecule has 3 heterocycles. The summed E-state index contributed by atoms with van der Waals surface area (Å²) in [7, 11) is 0. The lowest BCUT2D eigenvalue weighted by atomic mass is 10.2. The maximum absolute atomic E-state index is 10.8. The van der Waals surface area contributed by atoms with Gasteiger partial charge in [0.25, 0.3) is 0 Å². The summed E-state index contributed by atoms with van der Waals surface area (Å²) in [6, 6.07) is 1.99. The summed E-state index contributed by atoms with van der Waals surface area (Å²) in [6.45, 7) is 2.49. The molecule has 17 heavy (non-hydrogen) atoms. The fraction of sp³-hybridized carbons (Fsp3) is 0.400. The molecule has 0 bridgehead atoms. The third-order valence-electron chi connectivity index (χ3n) is 3.11. The van der Waals surface area contributed by atoms with Crippen LogP contribution in [0.2, 0.25) is 0 Å². The van der Waals surface area contributed by atoms with Crippen LogP contribution >= 0.6 is 0 Å². The molecule has 1 aliphatic rings. The molecule has 0 saturated heterocycles. The maximum Gasteiger partial charge on any atom is 0.309 e. The first kappa shape index (κ1) is 10.0. The van der Waals surface area contributed by atoms with E-state index >= 15 is 0 Å². The maximum atomic E-state index is 10.8. The van der Waals surface area contributed by atoms with Crippen molar-refractivity contribution in [2.45, 2.75) is 25.9 Å². The Bertz CT molecular complexity index is 585. The van der Waals surface area contributed by atoms with Gasteiger partial charge in [0.1, 0.15) is 11.9 Å². The Kier molecular flexibility index (Phi) is 2.01. The van der Waals surface area contributed by atoms with E-state index in [1.807, 2.05) is 10.7 Å². The Labute approximate surface area is 96.8 Å². The van der Waals surface area contributed by atoms with Crippen molar-refractivity contribution in [2.75, 3.05) is 0 Å². The molecule has 7 heteroatoms. The van der Waals surface area contributed by atoms with E-state index in [0.29, 0.717) is 5.69 Å². The molecule has 1 atom stereocenters. The molecule has 0 aliphatic carbocycles. The average molecular weight is 233 g/mol. The summed E-state index contributed by atoms with van der Waals surface area (Å²) in [6.07, 6.45) is 4.12. The number of nitrogens with zero attached hydrogens (tertiary/aromatic N) is 5. The Morgan fingerprint density at radius 1 is 1.59 bits per heavy atom. The molecule has 7 nitrogen and oxygen atoms in total. The third kappa shape index (κ3) is 1.42. The second-order valence-electron chi connectivity index (χ2n) is 4.12. The van der Waals surface area contributed by atoms with Gasteiger partial charge in [-0.05, 0) is 19.4 Å². The number of nitro groups is 1. The molecule has 88 valence electrons. The molecule has 0 aromatic carbocycles. The van der Waals surface area contributed by atoms with Crippen LogP contribution < -0.4 is 0 Å². The molecule has 1 unspecified atom stereocenters. The highest BCUT2D eigenvalue weighted by atomic mass is 16.6. The van der Waals surface area contributed by atoms with Crippen LogP contribution in [-0.4, -0.2) is 24.5 Å². The molecule has 0 fully saturated rings. The van der Waals surface area contributed by atoms with Crippen LogP contribution in [0, 0.1) is 17.0 Å². The molecule has 3 rings (SSSR count). The van der Waals surface area contributed by atoms with Crippen molar-refractivity contribution in [1.82, 2.24) is 19.6 Å².